The standard InChI is InChI=1S/C12H18N2O4S/c1-7-9(8(2)14-10(7)12(16)17)11(15)13-5-4-6-19(3)18/h14H,4-6H2,1-3H3,(H,13,15)(H,16,17). The molecule has 0 aliphatic rings. The maximum atomic E-state index is 12.0. The Morgan fingerprint density at radius 2 is 2.00 bits per heavy atom. The SMILES string of the molecule is Cc1[nH]c(C(=O)O)c(C)c1C(=O)NCCCS(C)=O. The Morgan fingerprint density at radius 1 is 1.37 bits per heavy atom. The second-order valence-corrected chi connectivity index (χ2v) is 5.87. The zero-order valence-corrected chi connectivity index (χ0v) is 12.0. The summed E-state index contributed by atoms with van der Waals surface area (Å²) in [5.74, 6) is -0.854. The highest BCUT2D eigenvalue weighted by atomic mass is 32.2. The van der Waals surface area contributed by atoms with Crippen LogP contribution in [0.3, 0.4) is 0 Å². The van der Waals surface area contributed by atoms with Crippen LogP contribution in [0.25, 0.3) is 0 Å². The predicted molar refractivity (Wildman–Crippen MR) is 73.1 cm³/mol. The summed E-state index contributed by atoms with van der Waals surface area (Å²) < 4.78 is 10.9. The number of amides is 1. The highest BCUT2D eigenvalue weighted by Crippen LogP contribution is 2.17. The minimum Gasteiger partial charge on any atom is -0.477 e. The predicted octanol–water partition coefficient (Wildman–Crippen LogP) is 0.828. The third-order valence-corrected chi connectivity index (χ3v) is 3.64. The summed E-state index contributed by atoms with van der Waals surface area (Å²) in [5, 5.41) is 11.7. The van der Waals surface area contributed by atoms with Crippen LogP contribution in [0.5, 0.6) is 0 Å². The molecule has 0 aliphatic heterocycles. The van der Waals surface area contributed by atoms with Gasteiger partial charge in [-0.2, -0.15) is 0 Å². The third kappa shape index (κ3) is 3.92. The smallest absolute Gasteiger partial charge is 0.352 e. The number of carboxylic acids is 1. The average molecular weight is 286 g/mol. The molecule has 0 bridgehead atoms. The van der Waals surface area contributed by atoms with Crippen LogP contribution in [0, 0.1) is 13.8 Å². The van der Waals surface area contributed by atoms with Crippen LogP contribution in [-0.2, 0) is 10.8 Å². The molecule has 1 heterocycles. The van der Waals surface area contributed by atoms with Crippen LogP contribution in [0.2, 0.25) is 0 Å². The van der Waals surface area contributed by atoms with Crippen molar-refractivity contribution in [2.75, 3.05) is 18.6 Å². The highest BCUT2D eigenvalue weighted by molar-refractivity contribution is 7.84. The minimum atomic E-state index is -1.08. The summed E-state index contributed by atoms with van der Waals surface area (Å²) >= 11 is 0. The van der Waals surface area contributed by atoms with Crippen LogP contribution < -0.4 is 5.32 Å². The van der Waals surface area contributed by atoms with Crippen LogP contribution in [0.15, 0.2) is 0 Å². The zero-order chi connectivity index (χ0) is 14.6. The fourth-order valence-corrected chi connectivity index (χ4v) is 2.42. The molecular weight excluding hydrogens is 268 g/mol. The molecule has 1 aromatic rings. The van der Waals surface area contributed by atoms with Crippen molar-refractivity contribution in [3.8, 4) is 0 Å². The molecule has 7 heteroatoms. The van der Waals surface area contributed by atoms with Gasteiger partial charge in [-0.1, -0.05) is 0 Å². The molecule has 0 saturated heterocycles. The molecule has 1 unspecified atom stereocenters. The lowest BCUT2D eigenvalue weighted by Crippen LogP contribution is -2.26. The molecule has 0 saturated carbocycles. The van der Waals surface area contributed by atoms with Crippen molar-refractivity contribution in [2.24, 2.45) is 0 Å². The molecule has 6 nitrogen and oxygen atoms in total. The van der Waals surface area contributed by atoms with Crippen molar-refractivity contribution in [2.45, 2.75) is 20.3 Å². The Morgan fingerprint density at radius 3 is 2.47 bits per heavy atom. The third-order valence-electron chi connectivity index (χ3n) is 2.77. The van der Waals surface area contributed by atoms with Gasteiger partial charge in [-0.25, -0.2) is 4.79 Å². The molecule has 19 heavy (non-hydrogen) atoms. The Bertz CT molecular complexity index is 522. The molecule has 106 valence electrons. The number of aromatic carboxylic acids is 1. The molecule has 0 fully saturated rings. The van der Waals surface area contributed by atoms with Crippen LogP contribution in [-0.4, -0.2) is 44.7 Å². The molecule has 3 N–H and O–H groups in total. The number of carbonyl (C=O) groups is 2. The molecular formula is C12H18N2O4S. The van der Waals surface area contributed by atoms with Crippen LogP contribution in [0.4, 0.5) is 0 Å². The van der Waals surface area contributed by atoms with E-state index in [-0.39, 0.29) is 11.6 Å². The van der Waals surface area contributed by atoms with E-state index in [2.05, 4.69) is 10.3 Å². The minimum absolute atomic E-state index is 0.0392. The second kappa shape index (κ2) is 6.51. The number of carboxylic acid groups (broad SMARTS) is 1. The fourth-order valence-electron chi connectivity index (χ4n) is 1.87. The average Bonchev–Trinajstić information content (AvgIpc) is 2.60. The van der Waals surface area contributed by atoms with Gasteiger partial charge >= 0.3 is 5.97 Å². The van der Waals surface area contributed by atoms with E-state index in [1.165, 1.54) is 0 Å². The van der Waals surface area contributed by atoms with Crippen LogP contribution >= 0.6 is 0 Å². The quantitative estimate of drug-likeness (QED) is 0.674. The molecule has 0 aromatic carbocycles. The highest BCUT2D eigenvalue weighted by Gasteiger charge is 2.21. The Hall–Kier alpha value is -1.63. The van der Waals surface area contributed by atoms with Gasteiger partial charge in [0.25, 0.3) is 5.91 Å². The first-order valence-corrected chi connectivity index (χ1v) is 7.58. The number of nitrogens with one attached hydrogen (secondary N) is 2. The van der Waals surface area contributed by atoms with Gasteiger partial charge in [-0.15, -0.1) is 0 Å². The van der Waals surface area contributed by atoms with Gasteiger partial charge in [0.1, 0.15) is 5.69 Å². The van der Waals surface area contributed by atoms with Crippen molar-refractivity contribution >= 4 is 22.7 Å². The fraction of sp³-hybridized carbons (Fsp3) is 0.500. The number of rotatable bonds is 6. The van der Waals surface area contributed by atoms with E-state index in [1.54, 1.807) is 20.1 Å². The number of H-pyrrole nitrogens is 1. The van der Waals surface area contributed by atoms with Crippen LogP contribution in [0.1, 0.15) is 38.5 Å². The van der Waals surface area contributed by atoms with E-state index in [0.29, 0.717) is 35.5 Å². The van der Waals surface area contributed by atoms with Gasteiger partial charge < -0.3 is 15.4 Å². The zero-order valence-electron chi connectivity index (χ0n) is 11.2. The summed E-state index contributed by atoms with van der Waals surface area (Å²) in [6.07, 6.45) is 2.24. The summed E-state index contributed by atoms with van der Waals surface area (Å²) in [5.41, 5.74) is 1.38. The monoisotopic (exact) mass is 286 g/mol. The number of carbonyl (C=O) groups excluding carboxylic acids is 1. The topological polar surface area (TPSA) is 99.3 Å². The maximum absolute atomic E-state index is 12.0. The summed E-state index contributed by atoms with van der Waals surface area (Å²) in [7, 11) is -0.871. The van der Waals surface area contributed by atoms with Gasteiger partial charge in [0.2, 0.25) is 0 Å². The van der Waals surface area contributed by atoms with E-state index >= 15 is 0 Å². The van der Waals surface area contributed by atoms with E-state index in [9.17, 15) is 13.8 Å². The van der Waals surface area contributed by atoms with E-state index < -0.39 is 16.8 Å². The molecule has 0 spiro atoms. The molecule has 0 aliphatic carbocycles. The normalized spacial score (nSPS) is 12.2. The first kappa shape index (κ1) is 15.4. The van der Waals surface area contributed by atoms with Crippen molar-refractivity contribution in [1.29, 1.82) is 0 Å². The van der Waals surface area contributed by atoms with Crippen molar-refractivity contribution in [3.63, 3.8) is 0 Å². The van der Waals surface area contributed by atoms with E-state index in [4.69, 9.17) is 5.11 Å². The lowest BCUT2D eigenvalue weighted by atomic mass is 10.1. The molecule has 1 rings (SSSR count). The number of aromatic amines is 1. The van der Waals surface area contributed by atoms with Gasteiger partial charge in [0.15, 0.2) is 0 Å². The summed E-state index contributed by atoms with van der Waals surface area (Å²) in [4.78, 5) is 25.6. The van der Waals surface area contributed by atoms with Gasteiger partial charge in [0.05, 0.1) is 5.56 Å². The number of aryl methyl sites for hydroxylation is 1. The Balaban J connectivity index is 2.72. The number of hydrogen-bond acceptors (Lipinski definition) is 3. The van der Waals surface area contributed by atoms with Gasteiger partial charge in [0, 0.05) is 35.0 Å². The van der Waals surface area contributed by atoms with Crippen molar-refractivity contribution < 1.29 is 18.9 Å². The summed E-state index contributed by atoms with van der Waals surface area (Å²) in [6, 6.07) is 0. The van der Waals surface area contributed by atoms with Gasteiger partial charge in [-0.05, 0) is 25.8 Å². The summed E-state index contributed by atoms with van der Waals surface area (Å²) in [6.45, 7) is 3.68. The molecule has 0 radical (unpaired) electrons. The lowest BCUT2D eigenvalue weighted by Gasteiger charge is -2.05. The largest absolute Gasteiger partial charge is 0.477 e. The van der Waals surface area contributed by atoms with E-state index in [1.807, 2.05) is 0 Å². The first-order chi connectivity index (χ1) is 8.84. The van der Waals surface area contributed by atoms with Crippen molar-refractivity contribution in [1.82, 2.24) is 10.3 Å². The molecule has 1 aromatic heterocycles. The Kier molecular flexibility index (Phi) is 5.29. The molecule has 1 atom stereocenters. The Labute approximate surface area is 114 Å². The van der Waals surface area contributed by atoms with Crippen molar-refractivity contribution in [3.05, 3.63) is 22.5 Å². The second-order valence-electron chi connectivity index (χ2n) is 4.32. The number of hydrogen-bond donors (Lipinski definition) is 3. The maximum Gasteiger partial charge on any atom is 0.352 e. The lowest BCUT2D eigenvalue weighted by molar-refractivity contribution is 0.0690. The first-order valence-electron chi connectivity index (χ1n) is 5.85. The molecule has 1 amide bonds. The van der Waals surface area contributed by atoms with Gasteiger partial charge in [-0.3, -0.25) is 9.00 Å². The van der Waals surface area contributed by atoms with E-state index in [0.717, 1.165) is 0 Å². The number of aromatic nitrogens is 1.